The molecule has 0 aliphatic carbocycles. The lowest BCUT2D eigenvalue weighted by molar-refractivity contribution is 0.233. The zero-order valence-electron chi connectivity index (χ0n) is 10.1. The summed E-state index contributed by atoms with van der Waals surface area (Å²) in [6.07, 6.45) is 2.54. The fourth-order valence-corrected chi connectivity index (χ4v) is 2.91. The third-order valence-electron chi connectivity index (χ3n) is 3.94. The second kappa shape index (κ2) is 4.77. The van der Waals surface area contributed by atoms with Crippen LogP contribution in [0, 0.1) is 5.92 Å². The first-order valence-electron chi connectivity index (χ1n) is 6.12. The van der Waals surface area contributed by atoms with Gasteiger partial charge in [0.15, 0.2) is 0 Å². The van der Waals surface area contributed by atoms with Crippen molar-refractivity contribution in [3.8, 4) is 0 Å². The predicted octanol–water partition coefficient (Wildman–Crippen LogP) is 3.62. The standard InChI is InChI=1S/C14H20ClN/c1-11(2)14(8-3-9-16-10-14)12-4-6-13(15)7-5-12/h4-7,11,16H,3,8-10H2,1-2H3. The molecule has 88 valence electrons. The number of rotatable bonds is 2. The van der Waals surface area contributed by atoms with Crippen LogP contribution in [0.3, 0.4) is 0 Å². The molecule has 16 heavy (non-hydrogen) atoms. The lowest BCUT2D eigenvalue weighted by atomic mass is 9.67. The number of halogens is 1. The summed E-state index contributed by atoms with van der Waals surface area (Å²) in [6, 6.07) is 8.40. The highest BCUT2D eigenvalue weighted by molar-refractivity contribution is 6.30. The molecule has 0 spiro atoms. The van der Waals surface area contributed by atoms with E-state index < -0.39 is 0 Å². The molecule has 1 heterocycles. The molecule has 1 fully saturated rings. The van der Waals surface area contributed by atoms with Gasteiger partial charge in [0.2, 0.25) is 0 Å². The van der Waals surface area contributed by atoms with E-state index in [1.807, 2.05) is 12.1 Å². The van der Waals surface area contributed by atoms with Gasteiger partial charge in [-0.05, 0) is 43.0 Å². The maximum atomic E-state index is 5.96. The van der Waals surface area contributed by atoms with Crippen molar-refractivity contribution >= 4 is 11.6 Å². The molecular formula is C14H20ClN. The molecular weight excluding hydrogens is 218 g/mol. The largest absolute Gasteiger partial charge is 0.316 e. The van der Waals surface area contributed by atoms with Crippen molar-refractivity contribution in [1.82, 2.24) is 5.32 Å². The highest BCUT2D eigenvalue weighted by atomic mass is 35.5. The maximum Gasteiger partial charge on any atom is 0.0406 e. The zero-order valence-corrected chi connectivity index (χ0v) is 10.8. The Hall–Kier alpha value is -0.530. The van der Waals surface area contributed by atoms with Crippen molar-refractivity contribution in [1.29, 1.82) is 0 Å². The fourth-order valence-electron chi connectivity index (χ4n) is 2.78. The zero-order chi connectivity index (χ0) is 11.6. The van der Waals surface area contributed by atoms with E-state index in [2.05, 4.69) is 31.3 Å². The van der Waals surface area contributed by atoms with E-state index in [0.29, 0.717) is 11.3 Å². The van der Waals surface area contributed by atoms with Gasteiger partial charge in [0.25, 0.3) is 0 Å². The van der Waals surface area contributed by atoms with Crippen molar-refractivity contribution in [3.63, 3.8) is 0 Å². The van der Waals surface area contributed by atoms with Crippen LogP contribution >= 0.6 is 11.6 Å². The Kier molecular flexibility index (Phi) is 3.56. The quantitative estimate of drug-likeness (QED) is 0.829. The summed E-state index contributed by atoms with van der Waals surface area (Å²) in [7, 11) is 0. The molecule has 1 aliphatic heterocycles. The van der Waals surface area contributed by atoms with Gasteiger partial charge in [0.1, 0.15) is 0 Å². The van der Waals surface area contributed by atoms with E-state index in [1.54, 1.807) is 0 Å². The summed E-state index contributed by atoms with van der Waals surface area (Å²) in [6.45, 7) is 6.89. The van der Waals surface area contributed by atoms with E-state index in [0.717, 1.165) is 18.1 Å². The van der Waals surface area contributed by atoms with E-state index in [1.165, 1.54) is 18.4 Å². The van der Waals surface area contributed by atoms with Gasteiger partial charge in [-0.3, -0.25) is 0 Å². The van der Waals surface area contributed by atoms with Gasteiger partial charge in [-0.2, -0.15) is 0 Å². The molecule has 1 unspecified atom stereocenters. The fraction of sp³-hybridized carbons (Fsp3) is 0.571. The van der Waals surface area contributed by atoms with Crippen molar-refractivity contribution in [2.24, 2.45) is 5.92 Å². The molecule has 0 saturated carbocycles. The lowest BCUT2D eigenvalue weighted by Crippen LogP contribution is -2.46. The Balaban J connectivity index is 2.34. The second-order valence-electron chi connectivity index (χ2n) is 5.10. The number of hydrogen-bond donors (Lipinski definition) is 1. The van der Waals surface area contributed by atoms with Gasteiger partial charge in [-0.15, -0.1) is 0 Å². The molecule has 1 saturated heterocycles. The van der Waals surface area contributed by atoms with Crippen LogP contribution in [0.4, 0.5) is 0 Å². The van der Waals surface area contributed by atoms with E-state index in [9.17, 15) is 0 Å². The van der Waals surface area contributed by atoms with Crippen LogP contribution in [0.5, 0.6) is 0 Å². The monoisotopic (exact) mass is 237 g/mol. The number of hydrogen-bond acceptors (Lipinski definition) is 1. The van der Waals surface area contributed by atoms with Crippen LogP contribution < -0.4 is 5.32 Å². The van der Waals surface area contributed by atoms with Gasteiger partial charge in [0.05, 0.1) is 0 Å². The molecule has 1 atom stereocenters. The molecule has 2 rings (SSSR count). The van der Waals surface area contributed by atoms with Crippen LogP contribution in [-0.2, 0) is 5.41 Å². The van der Waals surface area contributed by atoms with Crippen molar-refractivity contribution < 1.29 is 0 Å². The first-order valence-corrected chi connectivity index (χ1v) is 6.50. The summed E-state index contributed by atoms with van der Waals surface area (Å²) in [5, 5.41) is 4.36. The normalized spacial score (nSPS) is 26.0. The minimum Gasteiger partial charge on any atom is -0.316 e. The molecule has 0 radical (unpaired) electrons. The highest BCUT2D eigenvalue weighted by Crippen LogP contribution is 2.38. The minimum absolute atomic E-state index is 0.294. The van der Waals surface area contributed by atoms with Crippen LogP contribution in [0.15, 0.2) is 24.3 Å². The summed E-state index contributed by atoms with van der Waals surface area (Å²) >= 11 is 5.96. The number of piperidine rings is 1. The topological polar surface area (TPSA) is 12.0 Å². The van der Waals surface area contributed by atoms with Crippen LogP contribution in [0.1, 0.15) is 32.3 Å². The first kappa shape index (κ1) is 11.9. The van der Waals surface area contributed by atoms with Crippen LogP contribution in [0.25, 0.3) is 0 Å². The summed E-state index contributed by atoms with van der Waals surface area (Å²) in [5.74, 6) is 0.654. The number of benzene rings is 1. The molecule has 0 bridgehead atoms. The third-order valence-corrected chi connectivity index (χ3v) is 4.19. The summed E-state index contributed by atoms with van der Waals surface area (Å²) in [5.41, 5.74) is 1.72. The molecule has 1 nitrogen and oxygen atoms in total. The minimum atomic E-state index is 0.294. The van der Waals surface area contributed by atoms with Crippen LogP contribution in [-0.4, -0.2) is 13.1 Å². The van der Waals surface area contributed by atoms with Crippen molar-refractivity contribution in [3.05, 3.63) is 34.9 Å². The summed E-state index contributed by atoms with van der Waals surface area (Å²) < 4.78 is 0. The molecule has 0 amide bonds. The van der Waals surface area contributed by atoms with Gasteiger partial charge < -0.3 is 5.32 Å². The first-order chi connectivity index (χ1) is 7.65. The van der Waals surface area contributed by atoms with Gasteiger partial charge >= 0.3 is 0 Å². The Morgan fingerprint density at radius 2 is 1.94 bits per heavy atom. The Bertz CT molecular complexity index is 336. The average molecular weight is 238 g/mol. The van der Waals surface area contributed by atoms with E-state index >= 15 is 0 Å². The molecule has 0 aromatic heterocycles. The number of nitrogens with one attached hydrogen (secondary N) is 1. The molecule has 1 N–H and O–H groups in total. The van der Waals surface area contributed by atoms with Gasteiger partial charge in [-0.25, -0.2) is 0 Å². The molecule has 1 aromatic rings. The summed E-state index contributed by atoms with van der Waals surface area (Å²) in [4.78, 5) is 0. The Morgan fingerprint density at radius 3 is 2.44 bits per heavy atom. The maximum absolute atomic E-state index is 5.96. The third kappa shape index (κ3) is 2.11. The SMILES string of the molecule is CC(C)C1(c2ccc(Cl)cc2)CCCNC1. The van der Waals surface area contributed by atoms with Crippen LogP contribution in [0.2, 0.25) is 5.02 Å². The van der Waals surface area contributed by atoms with E-state index in [4.69, 9.17) is 11.6 Å². The molecule has 1 aromatic carbocycles. The highest BCUT2D eigenvalue weighted by Gasteiger charge is 2.36. The molecule has 2 heteroatoms. The second-order valence-corrected chi connectivity index (χ2v) is 5.53. The van der Waals surface area contributed by atoms with Crippen molar-refractivity contribution in [2.75, 3.05) is 13.1 Å². The van der Waals surface area contributed by atoms with Gasteiger partial charge in [0, 0.05) is 17.0 Å². The Labute approximate surface area is 103 Å². The lowest BCUT2D eigenvalue weighted by Gasteiger charge is -2.42. The van der Waals surface area contributed by atoms with E-state index in [-0.39, 0.29) is 0 Å². The molecule has 1 aliphatic rings. The predicted molar refractivity (Wildman–Crippen MR) is 70.1 cm³/mol. The average Bonchev–Trinajstić information content (AvgIpc) is 2.30. The van der Waals surface area contributed by atoms with Crippen molar-refractivity contribution in [2.45, 2.75) is 32.1 Å². The Morgan fingerprint density at radius 1 is 1.25 bits per heavy atom. The van der Waals surface area contributed by atoms with Gasteiger partial charge in [-0.1, -0.05) is 37.6 Å². The smallest absolute Gasteiger partial charge is 0.0406 e.